The molecule has 0 fully saturated rings. The Labute approximate surface area is 225 Å². The summed E-state index contributed by atoms with van der Waals surface area (Å²) in [5.41, 5.74) is 2.32. The van der Waals surface area contributed by atoms with Crippen molar-refractivity contribution >= 4 is 28.7 Å². The summed E-state index contributed by atoms with van der Waals surface area (Å²) in [5.74, 6) is -0.411. The number of hydrogen-bond acceptors (Lipinski definition) is 6. The average Bonchev–Trinajstić information content (AvgIpc) is 2.98. The van der Waals surface area contributed by atoms with E-state index < -0.39 is 17.9 Å². The fourth-order valence-corrected chi connectivity index (χ4v) is 3.96. The molecule has 0 aliphatic rings. The summed E-state index contributed by atoms with van der Waals surface area (Å²) >= 11 is 0. The molecule has 0 aliphatic carbocycles. The lowest BCUT2D eigenvalue weighted by molar-refractivity contribution is 0.0508. The number of benzene rings is 5. The Bertz CT molecular complexity index is 1610. The van der Waals surface area contributed by atoms with Crippen molar-refractivity contribution in [2.45, 2.75) is 6.42 Å². The summed E-state index contributed by atoms with van der Waals surface area (Å²) in [6, 6.07) is 35.1. The lowest BCUT2D eigenvalue weighted by Crippen LogP contribution is -2.09. The van der Waals surface area contributed by atoms with E-state index in [0.717, 1.165) is 16.3 Å². The van der Waals surface area contributed by atoms with Gasteiger partial charge in [-0.05, 0) is 77.0 Å². The van der Waals surface area contributed by atoms with E-state index in [-0.39, 0.29) is 6.61 Å². The van der Waals surface area contributed by atoms with Gasteiger partial charge in [0.2, 0.25) is 0 Å². The maximum atomic E-state index is 12.6. The number of fused-ring (bicyclic) bond motifs is 1. The standard InChI is InChI=1S/C33H24O6/c34-31(37-20-19-23-11-16-29(17-12-23)38-32(35)24-7-3-1-4-8-24)28-14-13-27-22-30(18-15-26(27)21-28)39-33(36)25-9-5-2-6-10-25/h1-18,21-22H,19-20H2. The van der Waals surface area contributed by atoms with Gasteiger partial charge >= 0.3 is 17.9 Å². The van der Waals surface area contributed by atoms with E-state index in [1.54, 1.807) is 97.1 Å². The Kier molecular flexibility index (Phi) is 7.74. The molecular formula is C33H24O6. The fourth-order valence-electron chi connectivity index (χ4n) is 3.96. The zero-order valence-corrected chi connectivity index (χ0v) is 20.9. The lowest BCUT2D eigenvalue weighted by Gasteiger charge is -2.09. The number of rotatable bonds is 8. The molecule has 5 rings (SSSR count). The van der Waals surface area contributed by atoms with E-state index in [1.165, 1.54) is 0 Å². The summed E-state index contributed by atoms with van der Waals surface area (Å²) in [6.07, 6.45) is 0.516. The number of carbonyl (C=O) groups is 3. The van der Waals surface area contributed by atoms with E-state index in [4.69, 9.17) is 14.2 Å². The van der Waals surface area contributed by atoms with Gasteiger partial charge in [0.25, 0.3) is 0 Å². The first-order valence-electron chi connectivity index (χ1n) is 12.4. The predicted octanol–water partition coefficient (Wildman–Crippen LogP) is 6.68. The van der Waals surface area contributed by atoms with Gasteiger partial charge < -0.3 is 14.2 Å². The van der Waals surface area contributed by atoms with Crippen molar-refractivity contribution in [3.8, 4) is 11.5 Å². The minimum absolute atomic E-state index is 0.203. The van der Waals surface area contributed by atoms with Crippen LogP contribution in [0, 0.1) is 0 Å². The van der Waals surface area contributed by atoms with Crippen molar-refractivity contribution in [2.75, 3.05) is 6.61 Å². The molecule has 6 heteroatoms. The molecule has 39 heavy (non-hydrogen) atoms. The predicted molar refractivity (Wildman–Crippen MR) is 147 cm³/mol. The number of carbonyl (C=O) groups excluding carboxylic acids is 3. The number of ether oxygens (including phenoxy) is 3. The van der Waals surface area contributed by atoms with Crippen molar-refractivity contribution in [1.29, 1.82) is 0 Å². The third-order valence-electron chi connectivity index (χ3n) is 6.03. The van der Waals surface area contributed by atoms with Crippen LogP contribution in [-0.2, 0) is 11.2 Å². The molecule has 5 aromatic carbocycles. The molecule has 0 unspecified atom stereocenters. The molecule has 0 amide bonds. The Morgan fingerprint density at radius 3 is 1.67 bits per heavy atom. The van der Waals surface area contributed by atoms with Crippen LogP contribution in [0.25, 0.3) is 10.8 Å². The Hall–Kier alpha value is -5.23. The van der Waals surface area contributed by atoms with Gasteiger partial charge in [-0.2, -0.15) is 0 Å². The van der Waals surface area contributed by atoms with Crippen molar-refractivity contribution < 1.29 is 28.6 Å². The van der Waals surface area contributed by atoms with Gasteiger partial charge in [-0.3, -0.25) is 0 Å². The molecule has 0 bridgehead atoms. The molecule has 0 saturated heterocycles. The maximum absolute atomic E-state index is 12.6. The average molecular weight is 517 g/mol. The van der Waals surface area contributed by atoms with Gasteiger partial charge in [0.15, 0.2) is 0 Å². The zero-order chi connectivity index (χ0) is 27.0. The van der Waals surface area contributed by atoms with Crippen molar-refractivity contribution in [3.63, 3.8) is 0 Å². The smallest absolute Gasteiger partial charge is 0.343 e. The molecule has 0 radical (unpaired) electrons. The summed E-state index contributed by atoms with van der Waals surface area (Å²) in [5, 5.41) is 1.66. The summed E-state index contributed by atoms with van der Waals surface area (Å²) < 4.78 is 16.3. The third kappa shape index (κ3) is 6.56. The highest BCUT2D eigenvalue weighted by molar-refractivity contribution is 5.96. The van der Waals surface area contributed by atoms with Crippen LogP contribution in [0.15, 0.2) is 121 Å². The van der Waals surface area contributed by atoms with Crippen LogP contribution in [0.2, 0.25) is 0 Å². The lowest BCUT2D eigenvalue weighted by atomic mass is 10.1. The highest BCUT2D eigenvalue weighted by Crippen LogP contribution is 2.23. The molecule has 0 spiro atoms. The number of esters is 3. The topological polar surface area (TPSA) is 78.9 Å². The Morgan fingerprint density at radius 2 is 1.03 bits per heavy atom. The number of hydrogen-bond donors (Lipinski definition) is 0. The highest BCUT2D eigenvalue weighted by atomic mass is 16.5. The van der Waals surface area contributed by atoms with Crippen LogP contribution in [0.1, 0.15) is 36.6 Å². The van der Waals surface area contributed by atoms with Crippen LogP contribution in [-0.4, -0.2) is 24.5 Å². The van der Waals surface area contributed by atoms with Crippen LogP contribution in [0.4, 0.5) is 0 Å². The second kappa shape index (κ2) is 11.9. The molecule has 192 valence electrons. The highest BCUT2D eigenvalue weighted by Gasteiger charge is 2.12. The van der Waals surface area contributed by atoms with Gasteiger partial charge in [-0.25, -0.2) is 14.4 Å². The molecular weight excluding hydrogens is 492 g/mol. The van der Waals surface area contributed by atoms with E-state index in [1.807, 2.05) is 24.3 Å². The summed E-state index contributed by atoms with van der Waals surface area (Å²) in [4.78, 5) is 37.1. The fraction of sp³-hybridized carbons (Fsp3) is 0.0606. The van der Waals surface area contributed by atoms with Gasteiger partial charge in [-0.15, -0.1) is 0 Å². The van der Waals surface area contributed by atoms with E-state index in [0.29, 0.717) is 34.6 Å². The van der Waals surface area contributed by atoms with Crippen LogP contribution >= 0.6 is 0 Å². The molecule has 0 N–H and O–H groups in total. The minimum atomic E-state index is -0.432. The first-order chi connectivity index (χ1) is 19.0. The second-order valence-corrected chi connectivity index (χ2v) is 8.76. The van der Waals surface area contributed by atoms with Crippen LogP contribution in [0.3, 0.4) is 0 Å². The first-order valence-corrected chi connectivity index (χ1v) is 12.4. The summed E-state index contributed by atoms with van der Waals surface area (Å²) in [6.45, 7) is 0.203. The second-order valence-electron chi connectivity index (χ2n) is 8.76. The molecule has 0 aromatic heterocycles. The maximum Gasteiger partial charge on any atom is 0.343 e. The van der Waals surface area contributed by atoms with Gasteiger partial charge in [-0.1, -0.05) is 60.7 Å². The molecule has 0 heterocycles. The quantitative estimate of drug-likeness (QED) is 0.169. The minimum Gasteiger partial charge on any atom is -0.462 e. The van der Waals surface area contributed by atoms with Crippen LogP contribution < -0.4 is 9.47 Å². The molecule has 5 aromatic rings. The monoisotopic (exact) mass is 516 g/mol. The van der Waals surface area contributed by atoms with Gasteiger partial charge in [0.05, 0.1) is 23.3 Å². The van der Waals surface area contributed by atoms with Crippen LogP contribution in [0.5, 0.6) is 11.5 Å². The molecule has 0 saturated carbocycles. The van der Waals surface area contributed by atoms with Gasteiger partial charge in [0.1, 0.15) is 11.5 Å². The SMILES string of the molecule is O=C(OCCc1ccc(OC(=O)c2ccccc2)cc1)c1ccc2cc(OC(=O)c3ccccc3)ccc2c1. The van der Waals surface area contributed by atoms with Crippen molar-refractivity contribution in [2.24, 2.45) is 0 Å². The normalized spacial score (nSPS) is 10.6. The van der Waals surface area contributed by atoms with Crippen molar-refractivity contribution in [1.82, 2.24) is 0 Å². The zero-order valence-electron chi connectivity index (χ0n) is 20.9. The first kappa shape index (κ1) is 25.4. The Morgan fingerprint density at radius 1 is 0.487 bits per heavy atom. The molecule has 0 aliphatic heterocycles. The summed E-state index contributed by atoms with van der Waals surface area (Å²) in [7, 11) is 0. The molecule has 6 nitrogen and oxygen atoms in total. The van der Waals surface area contributed by atoms with Crippen molar-refractivity contribution in [3.05, 3.63) is 144 Å². The van der Waals surface area contributed by atoms with E-state index in [2.05, 4.69) is 0 Å². The third-order valence-corrected chi connectivity index (χ3v) is 6.03. The van der Waals surface area contributed by atoms with E-state index >= 15 is 0 Å². The molecule has 0 atom stereocenters. The largest absolute Gasteiger partial charge is 0.462 e. The van der Waals surface area contributed by atoms with E-state index in [9.17, 15) is 14.4 Å². The van der Waals surface area contributed by atoms with Gasteiger partial charge in [0, 0.05) is 6.42 Å². The Balaban J connectivity index is 1.13.